The molecule has 0 bridgehead atoms. The molecule has 7 heteroatoms. The van der Waals surface area contributed by atoms with E-state index in [0.29, 0.717) is 12.5 Å². The Kier molecular flexibility index (Phi) is 5.83. The van der Waals surface area contributed by atoms with E-state index in [2.05, 4.69) is 17.2 Å². The second-order valence-corrected chi connectivity index (χ2v) is 7.81. The fraction of sp³-hybridized carbons (Fsp3) is 0.550. The number of carbonyl (C=O) groups is 1. The minimum Gasteiger partial charge on any atom is -0.444 e. The van der Waals surface area contributed by atoms with Crippen molar-refractivity contribution in [1.82, 2.24) is 0 Å². The van der Waals surface area contributed by atoms with Crippen molar-refractivity contribution >= 4 is 11.8 Å². The summed E-state index contributed by atoms with van der Waals surface area (Å²) in [6, 6.07) is 3.94. The summed E-state index contributed by atoms with van der Waals surface area (Å²) in [4.78, 5) is 12.1. The molecule has 0 saturated heterocycles. The van der Waals surface area contributed by atoms with Crippen molar-refractivity contribution in [1.29, 1.82) is 0 Å². The van der Waals surface area contributed by atoms with Crippen LogP contribution in [0, 0.1) is 17.8 Å². The molecule has 1 atom stereocenters. The number of rotatable bonds is 4. The average Bonchev–Trinajstić information content (AvgIpc) is 3.33. The van der Waals surface area contributed by atoms with Crippen LogP contribution in [0.5, 0.6) is 0 Å². The van der Waals surface area contributed by atoms with Crippen molar-refractivity contribution in [3.63, 3.8) is 0 Å². The Morgan fingerprint density at radius 2 is 1.93 bits per heavy atom. The predicted octanol–water partition coefficient (Wildman–Crippen LogP) is 3.78. The van der Waals surface area contributed by atoms with Crippen molar-refractivity contribution < 1.29 is 28.5 Å². The molecule has 0 radical (unpaired) electrons. The number of halogens is 2. The minimum atomic E-state index is -3.60. The summed E-state index contributed by atoms with van der Waals surface area (Å²) in [6.45, 7) is 5.20. The van der Waals surface area contributed by atoms with Crippen molar-refractivity contribution in [2.24, 2.45) is 5.92 Å². The summed E-state index contributed by atoms with van der Waals surface area (Å²) >= 11 is 0. The third-order valence-electron chi connectivity index (χ3n) is 3.96. The number of hydrogen-bond acceptors (Lipinski definition) is 4. The van der Waals surface area contributed by atoms with E-state index in [4.69, 9.17) is 4.74 Å². The Bertz CT molecular complexity index is 767. The van der Waals surface area contributed by atoms with Crippen LogP contribution in [0.4, 0.5) is 19.3 Å². The Morgan fingerprint density at radius 1 is 1.30 bits per heavy atom. The number of benzene rings is 1. The predicted molar refractivity (Wildman–Crippen MR) is 97.2 cm³/mol. The lowest BCUT2D eigenvalue weighted by molar-refractivity contribution is -0.140. The zero-order chi connectivity index (χ0) is 20.5. The standard InChI is InChI=1S/C20H25F2NO4/c1-18(2,3)27-17(25)23-16-11-14(12-24)7-8-15(16)20(26,19(4,21)22)10-9-13-5-6-13/h7-8,11,13,24,26H,5-6,12H2,1-4H3,(H,23,25). The number of amides is 1. The molecule has 5 nitrogen and oxygen atoms in total. The molecule has 1 aromatic carbocycles. The second kappa shape index (κ2) is 7.45. The van der Waals surface area contributed by atoms with Gasteiger partial charge in [0.25, 0.3) is 5.92 Å². The fourth-order valence-corrected chi connectivity index (χ4v) is 2.37. The summed E-state index contributed by atoms with van der Waals surface area (Å²) in [5.41, 5.74) is -3.57. The molecule has 2 rings (SSSR count). The zero-order valence-electron chi connectivity index (χ0n) is 15.9. The highest BCUT2D eigenvalue weighted by molar-refractivity contribution is 5.86. The molecule has 1 aliphatic carbocycles. The number of alkyl halides is 2. The number of ether oxygens (including phenoxy) is 1. The largest absolute Gasteiger partial charge is 0.444 e. The Balaban J connectivity index is 2.49. The third-order valence-corrected chi connectivity index (χ3v) is 3.96. The number of aliphatic hydroxyl groups is 2. The molecule has 1 saturated carbocycles. The molecule has 1 aromatic rings. The molecule has 0 aromatic heterocycles. The van der Waals surface area contributed by atoms with Gasteiger partial charge in [-0.3, -0.25) is 5.32 Å². The zero-order valence-corrected chi connectivity index (χ0v) is 15.9. The number of anilines is 1. The van der Waals surface area contributed by atoms with Gasteiger partial charge in [0.05, 0.1) is 12.3 Å². The van der Waals surface area contributed by atoms with E-state index in [-0.39, 0.29) is 23.8 Å². The van der Waals surface area contributed by atoms with Crippen molar-refractivity contribution in [3.8, 4) is 11.8 Å². The first-order valence-electron chi connectivity index (χ1n) is 8.73. The average molecular weight is 381 g/mol. The molecule has 0 heterocycles. The topological polar surface area (TPSA) is 78.8 Å². The summed E-state index contributed by atoms with van der Waals surface area (Å²) < 4.78 is 33.9. The normalized spacial score (nSPS) is 16.7. The molecular weight excluding hydrogens is 356 g/mol. The summed E-state index contributed by atoms with van der Waals surface area (Å²) in [6.07, 6.45) is 0.756. The summed E-state index contributed by atoms with van der Waals surface area (Å²) in [5, 5.41) is 22.5. The molecule has 0 aliphatic heterocycles. The summed E-state index contributed by atoms with van der Waals surface area (Å²) in [5.74, 6) is 1.39. The Morgan fingerprint density at radius 3 is 2.41 bits per heavy atom. The van der Waals surface area contributed by atoms with Crippen LogP contribution in [0.3, 0.4) is 0 Å². The quantitative estimate of drug-likeness (QED) is 0.694. The number of carbonyl (C=O) groups excluding carboxylic acids is 1. The smallest absolute Gasteiger partial charge is 0.412 e. The first kappa shape index (κ1) is 21.1. The van der Waals surface area contributed by atoms with Crippen LogP contribution in [0.15, 0.2) is 18.2 Å². The molecule has 1 unspecified atom stereocenters. The van der Waals surface area contributed by atoms with Gasteiger partial charge in [-0.05, 0) is 45.2 Å². The number of aliphatic hydroxyl groups excluding tert-OH is 1. The van der Waals surface area contributed by atoms with Crippen molar-refractivity contribution in [2.45, 2.75) is 64.3 Å². The van der Waals surface area contributed by atoms with Crippen LogP contribution in [-0.4, -0.2) is 27.8 Å². The number of nitrogens with one attached hydrogen (secondary N) is 1. The lowest BCUT2D eigenvalue weighted by Gasteiger charge is -2.31. The van der Waals surface area contributed by atoms with Gasteiger partial charge in [-0.2, -0.15) is 0 Å². The molecule has 3 N–H and O–H groups in total. The maximum Gasteiger partial charge on any atom is 0.412 e. The minimum absolute atomic E-state index is 0.00199. The van der Waals surface area contributed by atoms with E-state index in [1.54, 1.807) is 20.8 Å². The van der Waals surface area contributed by atoms with E-state index >= 15 is 0 Å². The fourth-order valence-electron chi connectivity index (χ4n) is 2.37. The maximum absolute atomic E-state index is 14.4. The van der Waals surface area contributed by atoms with Crippen LogP contribution >= 0.6 is 0 Å². The summed E-state index contributed by atoms with van der Waals surface area (Å²) in [7, 11) is 0. The van der Waals surface area contributed by atoms with Gasteiger partial charge < -0.3 is 14.9 Å². The monoisotopic (exact) mass is 381 g/mol. The Hall–Kier alpha value is -2.17. The lowest BCUT2D eigenvalue weighted by atomic mass is 9.86. The van der Waals surface area contributed by atoms with E-state index in [1.807, 2.05) is 0 Å². The van der Waals surface area contributed by atoms with Crippen LogP contribution < -0.4 is 5.32 Å². The Labute approximate surface area is 157 Å². The second-order valence-electron chi connectivity index (χ2n) is 7.81. The van der Waals surface area contributed by atoms with Crippen molar-refractivity contribution in [3.05, 3.63) is 29.3 Å². The van der Waals surface area contributed by atoms with E-state index < -0.39 is 23.2 Å². The van der Waals surface area contributed by atoms with Crippen LogP contribution in [-0.2, 0) is 16.9 Å². The van der Waals surface area contributed by atoms with Crippen LogP contribution in [0.2, 0.25) is 0 Å². The highest BCUT2D eigenvalue weighted by Crippen LogP contribution is 2.41. The van der Waals surface area contributed by atoms with Crippen LogP contribution in [0.25, 0.3) is 0 Å². The first-order valence-corrected chi connectivity index (χ1v) is 8.73. The van der Waals surface area contributed by atoms with Gasteiger partial charge in [-0.15, -0.1) is 0 Å². The third kappa shape index (κ3) is 5.41. The molecular formula is C20H25F2NO4. The molecule has 148 valence electrons. The van der Waals surface area contributed by atoms with Crippen LogP contribution in [0.1, 0.15) is 51.7 Å². The van der Waals surface area contributed by atoms with Gasteiger partial charge >= 0.3 is 6.09 Å². The molecule has 27 heavy (non-hydrogen) atoms. The first-order chi connectivity index (χ1) is 12.4. The molecule has 0 spiro atoms. The highest BCUT2D eigenvalue weighted by atomic mass is 19.3. The van der Waals surface area contributed by atoms with E-state index in [0.717, 1.165) is 12.8 Å². The molecule has 1 aliphatic rings. The number of hydrogen-bond donors (Lipinski definition) is 3. The van der Waals surface area contributed by atoms with Gasteiger partial charge in [-0.25, -0.2) is 13.6 Å². The van der Waals surface area contributed by atoms with E-state index in [9.17, 15) is 23.8 Å². The van der Waals surface area contributed by atoms with Gasteiger partial charge in [0, 0.05) is 18.4 Å². The van der Waals surface area contributed by atoms with Gasteiger partial charge in [0.2, 0.25) is 5.60 Å². The van der Waals surface area contributed by atoms with Crippen molar-refractivity contribution in [2.75, 3.05) is 5.32 Å². The van der Waals surface area contributed by atoms with Gasteiger partial charge in [0.1, 0.15) is 5.60 Å². The van der Waals surface area contributed by atoms with Gasteiger partial charge in [-0.1, -0.05) is 24.0 Å². The highest BCUT2D eigenvalue weighted by Gasteiger charge is 2.51. The lowest BCUT2D eigenvalue weighted by Crippen LogP contribution is -2.43. The molecule has 1 amide bonds. The molecule has 1 fully saturated rings. The maximum atomic E-state index is 14.4. The van der Waals surface area contributed by atoms with Gasteiger partial charge in [0.15, 0.2) is 0 Å². The van der Waals surface area contributed by atoms with E-state index in [1.165, 1.54) is 18.2 Å². The SMILES string of the molecule is CC(C)(C)OC(=O)Nc1cc(CO)ccc1C(O)(C#CC1CC1)C(C)(F)F.